The van der Waals surface area contributed by atoms with Crippen LogP contribution in [-0.4, -0.2) is 45.7 Å². The molecule has 0 bridgehead atoms. The number of carbonyl (C=O) groups is 1. The van der Waals surface area contributed by atoms with Gasteiger partial charge in [0.2, 0.25) is 5.88 Å². The highest BCUT2D eigenvalue weighted by Crippen LogP contribution is 2.39. The summed E-state index contributed by atoms with van der Waals surface area (Å²) >= 11 is 6.02. The van der Waals surface area contributed by atoms with Gasteiger partial charge in [-0.15, -0.1) is 0 Å². The summed E-state index contributed by atoms with van der Waals surface area (Å²) in [5.41, 5.74) is 3.21. The summed E-state index contributed by atoms with van der Waals surface area (Å²) in [4.78, 5) is 17.9. The van der Waals surface area contributed by atoms with E-state index in [1.165, 1.54) is 0 Å². The summed E-state index contributed by atoms with van der Waals surface area (Å²) in [6.45, 7) is 2.55. The van der Waals surface area contributed by atoms with Crippen LogP contribution in [0, 0.1) is 5.92 Å². The zero-order valence-corrected chi connectivity index (χ0v) is 22.1. The first-order valence-corrected chi connectivity index (χ1v) is 13.7. The van der Waals surface area contributed by atoms with Crippen LogP contribution in [0.5, 0.6) is 5.88 Å². The van der Waals surface area contributed by atoms with Gasteiger partial charge in [-0.2, -0.15) is 0 Å². The molecule has 2 aromatic rings. The Kier molecular flexibility index (Phi) is 8.12. The van der Waals surface area contributed by atoms with Crippen LogP contribution in [0.25, 0.3) is 5.57 Å². The number of pyridine rings is 1. The Labute approximate surface area is 228 Å². The molecule has 0 saturated carbocycles. The summed E-state index contributed by atoms with van der Waals surface area (Å²) < 4.78 is 6.24. The first-order chi connectivity index (χ1) is 18.4. The third-order valence-corrected chi connectivity index (χ3v) is 7.91. The number of ether oxygens (including phenoxy) is 1. The number of aromatic nitrogens is 1. The van der Waals surface area contributed by atoms with Crippen LogP contribution in [0.2, 0.25) is 5.02 Å². The van der Waals surface area contributed by atoms with Crippen LogP contribution in [0.3, 0.4) is 0 Å². The Morgan fingerprint density at radius 1 is 1.21 bits per heavy atom. The van der Waals surface area contributed by atoms with Crippen LogP contribution >= 0.6 is 11.6 Å². The van der Waals surface area contributed by atoms with Crippen molar-refractivity contribution in [2.45, 2.75) is 44.1 Å². The molecule has 1 aromatic heterocycles. The number of aliphatic hydroxyl groups is 1. The van der Waals surface area contributed by atoms with E-state index in [-0.39, 0.29) is 12.3 Å². The molecule has 1 saturated heterocycles. The average molecular weight is 533 g/mol. The molecule has 2 aliphatic heterocycles. The number of piperidine rings is 1. The molecule has 6 nitrogen and oxygen atoms in total. The van der Waals surface area contributed by atoms with Gasteiger partial charge in [-0.3, -0.25) is 4.79 Å². The molecular formula is C31H33ClN2O4. The van der Waals surface area contributed by atoms with Gasteiger partial charge in [0.1, 0.15) is 5.76 Å². The molecule has 1 atom stereocenters. The summed E-state index contributed by atoms with van der Waals surface area (Å²) in [5.74, 6) is 0.684. The van der Waals surface area contributed by atoms with E-state index in [0.717, 1.165) is 60.5 Å². The standard InChI is InChI=1S/C31H33ClN2O4/c32-25-13-11-24(12-14-25)31(37)15-19-34(20-16-31)18-4-7-23-21-27-22(6-2-10-29(35)36)5-1-9-28(27)38-30-26(23)8-3-17-33-30/h1,3,5,7-9,11-14,17,21-22,37H,2,4,6,10,15-16,18-20H2,(H,35,36). The molecule has 0 spiro atoms. The topological polar surface area (TPSA) is 82.9 Å². The maximum atomic E-state index is 11.2. The monoisotopic (exact) mass is 532 g/mol. The molecule has 1 unspecified atom stereocenters. The average Bonchev–Trinajstić information content (AvgIpc) is 3.07. The first kappa shape index (κ1) is 26.4. The lowest BCUT2D eigenvalue weighted by atomic mass is 9.84. The van der Waals surface area contributed by atoms with E-state index in [2.05, 4.69) is 28.1 Å². The molecule has 1 fully saturated rings. The van der Waals surface area contributed by atoms with Gasteiger partial charge >= 0.3 is 5.97 Å². The quantitative estimate of drug-likeness (QED) is 0.425. The number of aliphatic carboxylic acids is 1. The molecule has 38 heavy (non-hydrogen) atoms. The SMILES string of the molecule is O=C(O)CCCC1C=CC=C2Oc3ncccc3C(=CCCN3CCC(O)(c4ccc(Cl)cc4)CC3)C=C21. The van der Waals surface area contributed by atoms with Crippen molar-refractivity contribution in [2.24, 2.45) is 5.92 Å². The van der Waals surface area contributed by atoms with Gasteiger partial charge in [0.15, 0.2) is 0 Å². The maximum absolute atomic E-state index is 11.2. The van der Waals surface area contributed by atoms with Crippen LogP contribution in [-0.2, 0) is 10.4 Å². The van der Waals surface area contributed by atoms with E-state index in [0.29, 0.717) is 30.2 Å². The Morgan fingerprint density at radius 3 is 2.76 bits per heavy atom. The minimum absolute atomic E-state index is 0.0969. The second-order valence-electron chi connectivity index (χ2n) is 10.2. The molecule has 198 valence electrons. The van der Waals surface area contributed by atoms with E-state index in [4.69, 9.17) is 21.4 Å². The van der Waals surface area contributed by atoms with Gasteiger partial charge in [0, 0.05) is 54.3 Å². The fourth-order valence-electron chi connectivity index (χ4n) is 5.46. The summed E-state index contributed by atoms with van der Waals surface area (Å²) in [6.07, 6.45) is 16.0. The lowest BCUT2D eigenvalue weighted by molar-refractivity contribution is -0.137. The Balaban J connectivity index is 1.28. The number of carboxylic acids is 1. The molecule has 1 aliphatic carbocycles. The second kappa shape index (κ2) is 11.7. The van der Waals surface area contributed by atoms with Crippen LogP contribution in [0.4, 0.5) is 0 Å². The summed E-state index contributed by atoms with van der Waals surface area (Å²) in [6, 6.07) is 11.5. The van der Waals surface area contributed by atoms with Crippen LogP contribution < -0.4 is 4.74 Å². The fourth-order valence-corrected chi connectivity index (χ4v) is 5.59. The van der Waals surface area contributed by atoms with Gasteiger partial charge in [-0.05, 0) is 79.7 Å². The van der Waals surface area contributed by atoms with Crippen molar-refractivity contribution in [1.29, 1.82) is 0 Å². The number of fused-ring (bicyclic) bond motifs is 2. The minimum atomic E-state index is -0.805. The number of hydrogen-bond acceptors (Lipinski definition) is 5. The lowest BCUT2D eigenvalue weighted by Gasteiger charge is -2.38. The summed E-state index contributed by atoms with van der Waals surface area (Å²) in [5, 5.41) is 20.9. The number of halogens is 1. The number of rotatable bonds is 8. The highest BCUT2D eigenvalue weighted by Gasteiger charge is 2.33. The fraction of sp³-hybridized carbons (Fsp3) is 0.355. The van der Waals surface area contributed by atoms with Gasteiger partial charge in [-0.25, -0.2) is 4.98 Å². The molecule has 0 amide bonds. The Morgan fingerprint density at radius 2 is 2.00 bits per heavy atom. The van der Waals surface area contributed by atoms with Crippen molar-refractivity contribution in [1.82, 2.24) is 9.88 Å². The van der Waals surface area contributed by atoms with Crippen LogP contribution in [0.1, 0.15) is 49.7 Å². The molecule has 3 aliphatic rings. The predicted molar refractivity (Wildman–Crippen MR) is 149 cm³/mol. The van der Waals surface area contributed by atoms with Crippen molar-refractivity contribution in [3.05, 3.63) is 100 Å². The van der Waals surface area contributed by atoms with Crippen LogP contribution in [0.15, 0.2) is 84.3 Å². The van der Waals surface area contributed by atoms with E-state index in [9.17, 15) is 9.90 Å². The molecule has 1 aromatic carbocycles. The van der Waals surface area contributed by atoms with E-state index >= 15 is 0 Å². The molecular weight excluding hydrogens is 500 g/mol. The number of benzene rings is 1. The molecule has 0 radical (unpaired) electrons. The summed E-state index contributed by atoms with van der Waals surface area (Å²) in [7, 11) is 0. The van der Waals surface area contributed by atoms with Gasteiger partial charge < -0.3 is 19.8 Å². The highest BCUT2D eigenvalue weighted by molar-refractivity contribution is 6.30. The molecule has 7 heteroatoms. The van der Waals surface area contributed by atoms with Crippen molar-refractivity contribution >= 4 is 23.1 Å². The number of nitrogens with zero attached hydrogens (tertiary/aromatic N) is 2. The van der Waals surface area contributed by atoms with Gasteiger partial charge in [0.25, 0.3) is 0 Å². The lowest BCUT2D eigenvalue weighted by Crippen LogP contribution is -2.42. The van der Waals surface area contributed by atoms with E-state index < -0.39 is 11.6 Å². The number of likely N-dealkylation sites (tertiary alicyclic amines) is 1. The number of hydrogen-bond donors (Lipinski definition) is 2. The zero-order valence-electron chi connectivity index (χ0n) is 21.4. The third kappa shape index (κ3) is 6.09. The van der Waals surface area contributed by atoms with Crippen molar-refractivity contribution in [3.8, 4) is 5.88 Å². The number of carboxylic acid groups (broad SMARTS) is 1. The largest absolute Gasteiger partial charge is 0.481 e. The van der Waals surface area contributed by atoms with E-state index in [1.54, 1.807) is 6.20 Å². The Hall–Kier alpha value is -3.19. The maximum Gasteiger partial charge on any atom is 0.303 e. The normalized spacial score (nSPS) is 21.5. The van der Waals surface area contributed by atoms with Gasteiger partial charge in [0.05, 0.1) is 5.60 Å². The van der Waals surface area contributed by atoms with Crippen molar-refractivity contribution in [3.63, 3.8) is 0 Å². The van der Waals surface area contributed by atoms with Crippen molar-refractivity contribution in [2.75, 3.05) is 19.6 Å². The number of allylic oxidation sites excluding steroid dienone is 6. The van der Waals surface area contributed by atoms with Gasteiger partial charge in [-0.1, -0.05) is 42.0 Å². The van der Waals surface area contributed by atoms with E-state index in [1.807, 2.05) is 48.6 Å². The van der Waals surface area contributed by atoms with Crippen molar-refractivity contribution < 1.29 is 19.7 Å². The first-order valence-electron chi connectivity index (χ1n) is 13.3. The molecule has 2 N–H and O–H groups in total. The Bertz CT molecular complexity index is 1290. The smallest absolute Gasteiger partial charge is 0.303 e. The molecule has 3 heterocycles. The minimum Gasteiger partial charge on any atom is -0.481 e. The second-order valence-corrected chi connectivity index (χ2v) is 10.6. The third-order valence-electron chi connectivity index (χ3n) is 7.65. The zero-order chi connectivity index (χ0) is 26.5. The highest BCUT2D eigenvalue weighted by atomic mass is 35.5. The predicted octanol–water partition coefficient (Wildman–Crippen LogP) is 6.14. The molecule has 5 rings (SSSR count).